The maximum Gasteiger partial charge on any atom is 0.261 e. The van der Waals surface area contributed by atoms with E-state index in [-0.39, 0.29) is 13.0 Å². The number of H-pyrrole nitrogens is 2. The Hall–Kier alpha value is -4.28. The molecule has 10 heteroatoms. The number of hydrogen-bond donors (Lipinski definition) is 2. The first kappa shape index (κ1) is 24.7. The summed E-state index contributed by atoms with van der Waals surface area (Å²) in [6.07, 6.45) is 7.07. The molecule has 2 N–H and O–H groups in total. The predicted octanol–water partition coefficient (Wildman–Crippen LogP) is 7.17. The van der Waals surface area contributed by atoms with E-state index in [1.54, 1.807) is 28.6 Å². The minimum atomic E-state index is -2.62. The maximum atomic E-state index is 13.7. The van der Waals surface area contributed by atoms with E-state index in [0.717, 1.165) is 65.3 Å². The highest BCUT2D eigenvalue weighted by atomic mass is 32.1. The van der Waals surface area contributed by atoms with E-state index in [1.165, 1.54) is 0 Å². The number of rotatable bonds is 6. The Kier molecular flexibility index (Phi) is 5.83. The van der Waals surface area contributed by atoms with Crippen LogP contribution < -0.4 is 0 Å². The highest BCUT2D eigenvalue weighted by Gasteiger charge is 2.37. The minimum absolute atomic E-state index is 0.101. The predicted molar refractivity (Wildman–Crippen MR) is 155 cm³/mol. The smallest absolute Gasteiger partial charge is 0.261 e. The molecule has 0 unspecified atom stereocenters. The Morgan fingerprint density at radius 3 is 2.75 bits per heavy atom. The molecule has 1 saturated heterocycles. The van der Waals surface area contributed by atoms with Gasteiger partial charge in [-0.25, -0.2) is 13.8 Å². The highest BCUT2D eigenvalue weighted by Crippen LogP contribution is 2.37. The molecule has 7 nitrogen and oxygen atoms in total. The van der Waals surface area contributed by atoms with Crippen LogP contribution in [0.15, 0.2) is 67.8 Å². The van der Waals surface area contributed by atoms with Crippen LogP contribution in [-0.4, -0.2) is 54.0 Å². The van der Waals surface area contributed by atoms with Gasteiger partial charge in [0.2, 0.25) is 0 Å². The second kappa shape index (κ2) is 9.42. The first-order chi connectivity index (χ1) is 19.3. The van der Waals surface area contributed by atoms with Crippen molar-refractivity contribution >= 4 is 38.8 Å². The average Bonchev–Trinajstić information content (AvgIpc) is 3.73. The Bertz CT molecular complexity index is 1900. The first-order valence-electron chi connectivity index (χ1n) is 13.0. The van der Waals surface area contributed by atoms with Gasteiger partial charge in [-0.05, 0) is 54.5 Å². The lowest BCUT2D eigenvalue weighted by atomic mass is 10.1. The van der Waals surface area contributed by atoms with E-state index in [1.807, 2.05) is 37.5 Å². The van der Waals surface area contributed by atoms with Gasteiger partial charge in [0.15, 0.2) is 0 Å². The number of allylic oxidation sites excluding steroid dienone is 1. The van der Waals surface area contributed by atoms with Gasteiger partial charge in [0.1, 0.15) is 11.2 Å². The summed E-state index contributed by atoms with van der Waals surface area (Å²) in [7, 11) is 0. The third-order valence-corrected chi connectivity index (χ3v) is 8.53. The normalized spacial score (nSPS) is 15.4. The fourth-order valence-electron chi connectivity index (χ4n) is 5.25. The zero-order valence-electron chi connectivity index (χ0n) is 21.7. The largest absolute Gasteiger partial charge is 0.352 e. The van der Waals surface area contributed by atoms with E-state index >= 15 is 0 Å². The number of aromatic amines is 2. The molecule has 0 aromatic carbocycles. The number of alkyl halides is 2. The zero-order valence-corrected chi connectivity index (χ0v) is 22.5. The standard InChI is InChI=1S/C30H25F2N7S/c1-17(2)26-5-6-27(40-26)21-13-34-14-25-20(21)10-24(35-25)29-28-23(37-38-29)4-3-22(36-28)19-9-18(11-33-12-19)15-39-8-7-30(31,32)16-39/h3-6,9-14,35H,1,7-8,15-16H2,2H3,(H,37,38). The summed E-state index contributed by atoms with van der Waals surface area (Å²) in [5.74, 6) is -2.62. The monoisotopic (exact) mass is 553 g/mol. The number of halogens is 2. The molecule has 1 aliphatic heterocycles. The van der Waals surface area contributed by atoms with Crippen molar-refractivity contribution < 1.29 is 8.78 Å². The number of likely N-dealkylation sites (tertiary alicyclic amines) is 1. The van der Waals surface area contributed by atoms with Gasteiger partial charge < -0.3 is 4.98 Å². The summed E-state index contributed by atoms with van der Waals surface area (Å²) in [5.41, 5.74) is 8.51. The fourth-order valence-corrected chi connectivity index (χ4v) is 6.20. The summed E-state index contributed by atoms with van der Waals surface area (Å²) in [6.45, 7) is 6.66. The van der Waals surface area contributed by atoms with Crippen LogP contribution >= 0.6 is 11.3 Å². The average molecular weight is 554 g/mol. The number of nitrogens with one attached hydrogen (secondary N) is 2. The van der Waals surface area contributed by atoms with Crippen LogP contribution in [0.1, 0.15) is 23.8 Å². The topological polar surface area (TPSA) is 86.4 Å². The van der Waals surface area contributed by atoms with Crippen molar-refractivity contribution in [2.75, 3.05) is 13.1 Å². The number of pyridine rings is 3. The van der Waals surface area contributed by atoms with Crippen molar-refractivity contribution in [1.82, 2.24) is 35.0 Å². The van der Waals surface area contributed by atoms with Gasteiger partial charge in [-0.2, -0.15) is 5.10 Å². The van der Waals surface area contributed by atoms with E-state index in [9.17, 15) is 8.78 Å². The fraction of sp³-hybridized carbons (Fsp3) is 0.200. The highest BCUT2D eigenvalue weighted by molar-refractivity contribution is 7.16. The summed E-state index contributed by atoms with van der Waals surface area (Å²) in [6, 6.07) is 12.1. The Morgan fingerprint density at radius 2 is 1.95 bits per heavy atom. The lowest BCUT2D eigenvalue weighted by molar-refractivity contribution is 0.0115. The summed E-state index contributed by atoms with van der Waals surface area (Å²) >= 11 is 1.69. The molecule has 0 amide bonds. The van der Waals surface area contributed by atoms with Crippen molar-refractivity contribution in [3.63, 3.8) is 0 Å². The summed E-state index contributed by atoms with van der Waals surface area (Å²) in [5, 5.41) is 8.73. The molecule has 1 fully saturated rings. The third kappa shape index (κ3) is 4.48. The number of fused-ring (bicyclic) bond motifs is 2. The SMILES string of the molecule is C=C(C)c1ccc(-c2cncc3[nH]c(-c4n[nH]c5ccc(-c6cncc(CN7CCC(F)(F)C7)c6)nc45)cc23)s1. The molecule has 0 saturated carbocycles. The van der Waals surface area contributed by atoms with Crippen LogP contribution in [0, 0.1) is 0 Å². The number of nitrogens with zero attached hydrogens (tertiary/aromatic N) is 5. The molecule has 0 atom stereocenters. The van der Waals surface area contributed by atoms with Gasteiger partial charge in [-0.15, -0.1) is 11.3 Å². The van der Waals surface area contributed by atoms with Crippen LogP contribution in [0.5, 0.6) is 0 Å². The molecule has 6 aromatic rings. The quantitative estimate of drug-likeness (QED) is 0.228. The van der Waals surface area contributed by atoms with Crippen molar-refractivity contribution in [2.45, 2.75) is 25.8 Å². The molecule has 0 bridgehead atoms. The van der Waals surface area contributed by atoms with Crippen LogP contribution in [0.3, 0.4) is 0 Å². The van der Waals surface area contributed by atoms with Crippen molar-refractivity contribution in [1.29, 1.82) is 0 Å². The van der Waals surface area contributed by atoms with Gasteiger partial charge in [0, 0.05) is 64.4 Å². The van der Waals surface area contributed by atoms with Crippen molar-refractivity contribution in [2.24, 2.45) is 0 Å². The second-order valence-corrected chi connectivity index (χ2v) is 11.4. The van der Waals surface area contributed by atoms with Crippen LogP contribution in [-0.2, 0) is 6.54 Å². The first-order valence-corrected chi connectivity index (χ1v) is 13.8. The molecular weight excluding hydrogens is 528 g/mol. The van der Waals surface area contributed by atoms with Gasteiger partial charge in [0.25, 0.3) is 5.92 Å². The Morgan fingerprint density at radius 1 is 1.07 bits per heavy atom. The molecule has 200 valence electrons. The molecule has 7 heterocycles. The van der Waals surface area contributed by atoms with E-state index in [2.05, 4.69) is 49.9 Å². The minimum Gasteiger partial charge on any atom is -0.352 e. The zero-order chi connectivity index (χ0) is 27.4. The molecular formula is C30H25F2N7S. The Labute approximate surface area is 232 Å². The summed E-state index contributed by atoms with van der Waals surface area (Å²) in [4.78, 5) is 21.3. The molecule has 0 radical (unpaired) electrons. The van der Waals surface area contributed by atoms with Crippen molar-refractivity contribution in [3.05, 3.63) is 78.2 Å². The molecule has 0 spiro atoms. The molecule has 40 heavy (non-hydrogen) atoms. The van der Waals surface area contributed by atoms with Gasteiger partial charge >= 0.3 is 0 Å². The lowest BCUT2D eigenvalue weighted by Crippen LogP contribution is -2.24. The number of aromatic nitrogens is 6. The van der Waals surface area contributed by atoms with E-state index in [4.69, 9.17) is 4.98 Å². The van der Waals surface area contributed by atoms with Gasteiger partial charge in [-0.3, -0.25) is 20.0 Å². The Balaban J connectivity index is 1.24. The van der Waals surface area contributed by atoms with E-state index < -0.39 is 5.92 Å². The van der Waals surface area contributed by atoms with Crippen LogP contribution in [0.2, 0.25) is 0 Å². The lowest BCUT2D eigenvalue weighted by Gasteiger charge is -2.15. The van der Waals surface area contributed by atoms with Crippen LogP contribution in [0.25, 0.3) is 60.6 Å². The van der Waals surface area contributed by atoms with Crippen molar-refractivity contribution in [3.8, 4) is 33.1 Å². The van der Waals surface area contributed by atoms with Gasteiger partial charge in [-0.1, -0.05) is 6.58 Å². The maximum absolute atomic E-state index is 13.7. The third-order valence-electron chi connectivity index (χ3n) is 7.25. The molecule has 0 aliphatic carbocycles. The van der Waals surface area contributed by atoms with Gasteiger partial charge in [0.05, 0.1) is 35.2 Å². The summed E-state index contributed by atoms with van der Waals surface area (Å²) < 4.78 is 27.3. The molecule has 1 aliphatic rings. The molecule has 6 aromatic heterocycles. The second-order valence-electron chi connectivity index (χ2n) is 10.3. The number of hydrogen-bond acceptors (Lipinski definition) is 6. The molecule has 7 rings (SSSR count). The number of thiophene rings is 1. The van der Waals surface area contributed by atoms with Crippen LogP contribution in [0.4, 0.5) is 8.78 Å². The van der Waals surface area contributed by atoms with E-state index in [0.29, 0.717) is 18.8 Å².